The van der Waals surface area contributed by atoms with Crippen molar-refractivity contribution in [3.63, 3.8) is 0 Å². The number of fused-ring (bicyclic) bond motifs is 2. The monoisotopic (exact) mass is 555 g/mol. The first-order valence-corrected chi connectivity index (χ1v) is 16.5. The first-order valence-electron chi connectivity index (χ1n) is 16.5. The minimum atomic E-state index is -1.15. The zero-order chi connectivity index (χ0) is 28.6. The number of nitrogens with zero attached hydrogens (tertiary/aromatic N) is 1. The van der Waals surface area contributed by atoms with E-state index in [0.29, 0.717) is 24.2 Å². The van der Waals surface area contributed by atoms with E-state index in [1.54, 1.807) is 0 Å². The van der Waals surface area contributed by atoms with Crippen molar-refractivity contribution >= 4 is 12.3 Å². The molecule has 6 rings (SSSR count). The molecule has 0 aromatic carbocycles. The van der Waals surface area contributed by atoms with Gasteiger partial charge in [0.15, 0.2) is 0 Å². The third-order valence-corrected chi connectivity index (χ3v) is 12.8. The summed E-state index contributed by atoms with van der Waals surface area (Å²) < 4.78 is 13.3. The Morgan fingerprint density at radius 2 is 1.88 bits per heavy atom. The number of allylic oxidation sites excluding steroid dienone is 1. The van der Waals surface area contributed by atoms with Gasteiger partial charge in [0, 0.05) is 25.0 Å². The van der Waals surface area contributed by atoms with Crippen LogP contribution in [-0.2, 0) is 19.1 Å². The Labute approximate surface area is 241 Å². The van der Waals surface area contributed by atoms with Crippen LogP contribution >= 0.6 is 0 Å². The van der Waals surface area contributed by atoms with Gasteiger partial charge in [-0.25, -0.2) is 0 Å². The average Bonchev–Trinajstić information content (AvgIpc) is 3.59. The third-order valence-electron chi connectivity index (χ3n) is 12.8. The number of carboxylic acids is 1. The summed E-state index contributed by atoms with van der Waals surface area (Å²) >= 11 is 0. The molecule has 3 saturated carbocycles. The number of aliphatic carboxylic acids is 1. The molecule has 2 heterocycles. The first-order chi connectivity index (χ1) is 19.0. The molecule has 6 nitrogen and oxygen atoms in total. The molecule has 4 bridgehead atoms. The number of carbonyl (C=O) groups excluding carboxylic acids is 1. The number of carboxylic acid groups (broad SMARTS) is 1. The maximum atomic E-state index is 14.0. The van der Waals surface area contributed by atoms with Gasteiger partial charge in [-0.3, -0.25) is 9.69 Å². The van der Waals surface area contributed by atoms with Crippen LogP contribution in [0, 0.1) is 51.8 Å². The maximum Gasteiger partial charge on any atom is 0.315 e. The number of morpholine rings is 1. The highest BCUT2D eigenvalue weighted by molar-refractivity contribution is 5.90. The summed E-state index contributed by atoms with van der Waals surface area (Å²) in [6.45, 7) is 15.9. The predicted molar refractivity (Wildman–Crippen MR) is 155 cm³/mol. The lowest BCUT2D eigenvalue weighted by Gasteiger charge is -2.60. The number of hydrogen-bond acceptors (Lipinski definition) is 5. The minimum Gasteiger partial charge on any atom is -0.481 e. The van der Waals surface area contributed by atoms with Crippen molar-refractivity contribution in [3.05, 3.63) is 11.6 Å². The lowest BCUT2D eigenvalue weighted by Crippen LogP contribution is -2.65. The largest absolute Gasteiger partial charge is 0.481 e. The summed E-state index contributed by atoms with van der Waals surface area (Å²) in [6.07, 6.45) is 11.9. The van der Waals surface area contributed by atoms with Crippen molar-refractivity contribution < 1.29 is 24.2 Å². The molecule has 7 unspecified atom stereocenters. The van der Waals surface area contributed by atoms with Gasteiger partial charge < -0.3 is 19.4 Å². The molecule has 1 N–H and O–H groups in total. The molecule has 0 amide bonds. The van der Waals surface area contributed by atoms with E-state index in [9.17, 15) is 14.7 Å². The zero-order valence-electron chi connectivity index (χ0n) is 25.7. The molecule has 40 heavy (non-hydrogen) atoms. The lowest BCUT2D eigenvalue weighted by molar-refractivity contribution is -0.198. The molecule has 224 valence electrons. The molecule has 0 radical (unpaired) electrons. The maximum absolute atomic E-state index is 14.0. The van der Waals surface area contributed by atoms with Crippen molar-refractivity contribution in [1.29, 1.82) is 0 Å². The molecule has 2 aliphatic heterocycles. The Hall–Kier alpha value is -1.24. The highest BCUT2D eigenvalue weighted by Crippen LogP contribution is 2.84. The minimum absolute atomic E-state index is 0.0971. The van der Waals surface area contributed by atoms with Crippen LogP contribution in [0.15, 0.2) is 11.6 Å². The fourth-order valence-corrected chi connectivity index (χ4v) is 11.6. The van der Waals surface area contributed by atoms with Gasteiger partial charge in [-0.05, 0) is 81.5 Å². The number of rotatable bonds is 9. The van der Waals surface area contributed by atoms with Gasteiger partial charge in [0.25, 0.3) is 0 Å². The van der Waals surface area contributed by atoms with Gasteiger partial charge in [-0.2, -0.15) is 0 Å². The quantitative estimate of drug-likeness (QED) is 0.278. The number of unbranched alkanes of at least 4 members (excludes halogenated alkanes) is 1. The van der Waals surface area contributed by atoms with Crippen LogP contribution in [0.25, 0.3) is 0 Å². The van der Waals surface area contributed by atoms with Crippen LogP contribution < -0.4 is 0 Å². The summed E-state index contributed by atoms with van der Waals surface area (Å²) in [4.78, 5) is 29.9. The van der Waals surface area contributed by atoms with Crippen LogP contribution in [0.5, 0.6) is 0 Å². The Morgan fingerprint density at radius 3 is 2.50 bits per heavy atom. The number of aldehydes is 1. The molecular weight excluding hydrogens is 502 g/mol. The van der Waals surface area contributed by atoms with E-state index >= 15 is 0 Å². The van der Waals surface area contributed by atoms with Crippen molar-refractivity contribution in [2.75, 3.05) is 19.6 Å². The Kier molecular flexibility index (Phi) is 7.35. The van der Waals surface area contributed by atoms with Gasteiger partial charge in [0.1, 0.15) is 11.7 Å². The molecule has 0 aromatic heterocycles. The lowest BCUT2D eigenvalue weighted by atomic mass is 9.41. The molecule has 0 aromatic rings. The van der Waals surface area contributed by atoms with Crippen molar-refractivity contribution in [2.45, 2.75) is 117 Å². The van der Waals surface area contributed by atoms with E-state index in [-0.39, 0.29) is 42.2 Å². The van der Waals surface area contributed by atoms with Gasteiger partial charge >= 0.3 is 5.97 Å². The van der Waals surface area contributed by atoms with Crippen molar-refractivity contribution in [1.82, 2.24) is 4.90 Å². The molecule has 4 aliphatic carbocycles. The SMILES string of the molecule is CCCCC1CC(C23C[C@@H]4[C@H](C)CC[C@H]4C4(C=O)CC2C=C(C(C)C)C34C(=O)O)OC1CN1C[C@@H](C)O[C@@H](C)C1. The first kappa shape index (κ1) is 28.9. The molecule has 5 fully saturated rings. The fraction of sp³-hybridized carbons (Fsp3) is 0.882. The fourth-order valence-electron chi connectivity index (χ4n) is 11.6. The van der Waals surface area contributed by atoms with E-state index in [0.717, 1.165) is 70.0 Å². The third kappa shape index (κ3) is 3.70. The standard InChI is InChI=1S/C34H53NO5/c1-7-8-9-24-12-30(40-29(24)18-35-16-22(5)39-23(6)17-35)33-15-26-21(4)10-11-27(26)32(19-36)14-25(33)13-28(20(2)3)34(32,33)31(37)38/h13,19-27,29-30H,7-12,14-18H2,1-6H3,(H,37,38)/t21-,22-,23+,24?,25?,26-,27-,29?,30?,32?,33?,34?/m1/s1. The molecule has 2 saturated heterocycles. The molecule has 6 heteroatoms. The van der Waals surface area contributed by atoms with Crippen LogP contribution in [0.3, 0.4) is 0 Å². The summed E-state index contributed by atoms with van der Waals surface area (Å²) in [6, 6.07) is 0. The molecular formula is C34H53NO5. The highest BCUT2D eigenvalue weighted by atomic mass is 16.5. The second-order valence-electron chi connectivity index (χ2n) is 15.1. The van der Waals surface area contributed by atoms with Crippen LogP contribution in [0.2, 0.25) is 0 Å². The number of ether oxygens (including phenoxy) is 2. The number of hydrogen-bond donors (Lipinski definition) is 1. The molecule has 0 spiro atoms. The summed E-state index contributed by atoms with van der Waals surface area (Å²) in [5.74, 6) is 0.958. The normalized spacial score (nSPS) is 49.9. The summed E-state index contributed by atoms with van der Waals surface area (Å²) in [7, 11) is 0. The van der Waals surface area contributed by atoms with E-state index in [1.807, 2.05) is 0 Å². The van der Waals surface area contributed by atoms with Gasteiger partial charge in [-0.15, -0.1) is 0 Å². The van der Waals surface area contributed by atoms with E-state index < -0.39 is 22.2 Å². The summed E-state index contributed by atoms with van der Waals surface area (Å²) in [5.41, 5.74) is -1.48. The molecule has 12 atom stereocenters. The highest BCUT2D eigenvalue weighted by Gasteiger charge is 2.86. The van der Waals surface area contributed by atoms with Crippen molar-refractivity contribution in [2.24, 2.45) is 51.8 Å². The summed E-state index contributed by atoms with van der Waals surface area (Å²) in [5, 5.41) is 11.4. The second-order valence-corrected chi connectivity index (χ2v) is 15.1. The predicted octanol–water partition coefficient (Wildman–Crippen LogP) is 5.98. The Bertz CT molecular complexity index is 1030. The average molecular weight is 556 g/mol. The van der Waals surface area contributed by atoms with Crippen LogP contribution in [-0.4, -0.2) is 66.3 Å². The van der Waals surface area contributed by atoms with E-state index in [1.165, 1.54) is 6.42 Å². The van der Waals surface area contributed by atoms with E-state index in [4.69, 9.17) is 9.47 Å². The van der Waals surface area contributed by atoms with Gasteiger partial charge in [-0.1, -0.05) is 58.6 Å². The Morgan fingerprint density at radius 1 is 1.15 bits per heavy atom. The van der Waals surface area contributed by atoms with E-state index in [2.05, 4.69) is 52.5 Å². The van der Waals surface area contributed by atoms with Crippen LogP contribution in [0.4, 0.5) is 0 Å². The van der Waals surface area contributed by atoms with Gasteiger partial charge in [0.2, 0.25) is 0 Å². The second kappa shape index (κ2) is 10.2. The van der Waals surface area contributed by atoms with Crippen LogP contribution in [0.1, 0.15) is 92.9 Å². The smallest absolute Gasteiger partial charge is 0.315 e. The topological polar surface area (TPSA) is 76.1 Å². The number of carbonyl (C=O) groups is 2. The molecule has 6 aliphatic rings. The van der Waals surface area contributed by atoms with Crippen molar-refractivity contribution in [3.8, 4) is 0 Å². The van der Waals surface area contributed by atoms with Gasteiger partial charge in [0.05, 0.1) is 29.8 Å². The zero-order valence-corrected chi connectivity index (χ0v) is 25.7. The Balaban J connectivity index is 1.42.